The standard InChI is InChI=1S/C16H24N2O2/c17-16(9-5-2-6-10-16)15(20)18(11-12-19)13-14-7-3-1-4-8-14/h1,3-4,7-8,19H,2,5-6,9-13,17H2. The molecule has 0 atom stereocenters. The molecule has 0 bridgehead atoms. The van der Waals surface area contributed by atoms with E-state index >= 15 is 0 Å². The smallest absolute Gasteiger partial charge is 0.243 e. The minimum absolute atomic E-state index is 0.0184. The summed E-state index contributed by atoms with van der Waals surface area (Å²) in [5.74, 6) is -0.0184. The predicted molar refractivity (Wildman–Crippen MR) is 78.9 cm³/mol. The highest BCUT2D eigenvalue weighted by atomic mass is 16.3. The normalized spacial score (nSPS) is 17.7. The fraction of sp³-hybridized carbons (Fsp3) is 0.562. The quantitative estimate of drug-likeness (QED) is 0.859. The first kappa shape index (κ1) is 15.0. The molecule has 3 N–H and O–H groups in total. The Bertz CT molecular complexity index is 427. The number of aliphatic hydroxyl groups is 1. The van der Waals surface area contributed by atoms with Gasteiger partial charge in [-0.2, -0.15) is 0 Å². The molecular weight excluding hydrogens is 252 g/mol. The monoisotopic (exact) mass is 276 g/mol. The zero-order chi connectivity index (χ0) is 14.4. The number of nitrogens with zero attached hydrogens (tertiary/aromatic N) is 1. The molecule has 4 heteroatoms. The van der Waals surface area contributed by atoms with Gasteiger partial charge in [0, 0.05) is 13.1 Å². The number of rotatable bonds is 5. The number of carbonyl (C=O) groups excluding carboxylic acids is 1. The second kappa shape index (κ2) is 6.86. The lowest BCUT2D eigenvalue weighted by Crippen LogP contribution is -2.56. The number of nitrogens with two attached hydrogens (primary N) is 1. The Morgan fingerprint density at radius 3 is 2.45 bits per heavy atom. The van der Waals surface area contributed by atoms with E-state index in [1.54, 1.807) is 4.90 Å². The van der Waals surface area contributed by atoms with Gasteiger partial charge in [0.15, 0.2) is 0 Å². The number of hydrogen-bond acceptors (Lipinski definition) is 3. The topological polar surface area (TPSA) is 66.6 Å². The lowest BCUT2D eigenvalue weighted by Gasteiger charge is -2.36. The lowest BCUT2D eigenvalue weighted by atomic mass is 9.81. The summed E-state index contributed by atoms with van der Waals surface area (Å²) in [6.45, 7) is 0.820. The average Bonchev–Trinajstić information content (AvgIpc) is 2.48. The Morgan fingerprint density at radius 2 is 1.85 bits per heavy atom. The van der Waals surface area contributed by atoms with Gasteiger partial charge >= 0.3 is 0 Å². The highest BCUT2D eigenvalue weighted by Crippen LogP contribution is 2.28. The van der Waals surface area contributed by atoms with Crippen molar-refractivity contribution in [3.05, 3.63) is 35.9 Å². The van der Waals surface area contributed by atoms with E-state index in [9.17, 15) is 9.90 Å². The molecule has 20 heavy (non-hydrogen) atoms. The molecule has 4 nitrogen and oxygen atoms in total. The zero-order valence-electron chi connectivity index (χ0n) is 11.9. The molecule has 0 aromatic heterocycles. The van der Waals surface area contributed by atoms with E-state index in [2.05, 4.69) is 0 Å². The van der Waals surface area contributed by atoms with Gasteiger partial charge in [0.2, 0.25) is 5.91 Å². The number of hydrogen-bond donors (Lipinski definition) is 2. The van der Waals surface area contributed by atoms with Crippen LogP contribution < -0.4 is 5.73 Å². The third kappa shape index (κ3) is 3.58. The van der Waals surface area contributed by atoms with Crippen molar-refractivity contribution in [1.29, 1.82) is 0 Å². The van der Waals surface area contributed by atoms with Gasteiger partial charge in [-0.15, -0.1) is 0 Å². The van der Waals surface area contributed by atoms with Crippen LogP contribution in [0.15, 0.2) is 30.3 Å². The summed E-state index contributed by atoms with van der Waals surface area (Å²) in [4.78, 5) is 14.4. The summed E-state index contributed by atoms with van der Waals surface area (Å²) in [5, 5.41) is 9.21. The van der Waals surface area contributed by atoms with Crippen LogP contribution in [0, 0.1) is 0 Å². The summed E-state index contributed by atoms with van der Waals surface area (Å²) in [6.07, 6.45) is 4.69. The van der Waals surface area contributed by atoms with E-state index < -0.39 is 5.54 Å². The molecule has 0 heterocycles. The van der Waals surface area contributed by atoms with E-state index in [0.29, 0.717) is 13.1 Å². The highest BCUT2D eigenvalue weighted by Gasteiger charge is 2.38. The Kier molecular flexibility index (Phi) is 5.15. The van der Waals surface area contributed by atoms with Crippen molar-refractivity contribution in [2.45, 2.75) is 44.2 Å². The van der Waals surface area contributed by atoms with Gasteiger partial charge in [-0.3, -0.25) is 4.79 Å². The Labute approximate surface area is 120 Å². The van der Waals surface area contributed by atoms with Gasteiger partial charge in [0.25, 0.3) is 0 Å². The van der Waals surface area contributed by atoms with Crippen molar-refractivity contribution in [2.75, 3.05) is 13.2 Å². The van der Waals surface area contributed by atoms with Crippen LogP contribution in [-0.4, -0.2) is 34.6 Å². The van der Waals surface area contributed by atoms with Crippen molar-refractivity contribution in [2.24, 2.45) is 5.73 Å². The summed E-state index contributed by atoms with van der Waals surface area (Å²) in [6, 6.07) is 9.84. The summed E-state index contributed by atoms with van der Waals surface area (Å²) in [7, 11) is 0. The lowest BCUT2D eigenvalue weighted by molar-refractivity contribution is -0.139. The van der Waals surface area contributed by atoms with Crippen LogP contribution in [0.2, 0.25) is 0 Å². The molecular formula is C16H24N2O2. The van der Waals surface area contributed by atoms with Crippen LogP contribution in [0.4, 0.5) is 0 Å². The first-order valence-corrected chi connectivity index (χ1v) is 7.39. The Hall–Kier alpha value is -1.39. The second-order valence-corrected chi connectivity index (χ2v) is 5.65. The molecule has 0 unspecified atom stereocenters. The molecule has 1 aromatic rings. The van der Waals surface area contributed by atoms with Crippen LogP contribution >= 0.6 is 0 Å². The minimum Gasteiger partial charge on any atom is -0.395 e. The summed E-state index contributed by atoms with van der Waals surface area (Å²) >= 11 is 0. The van der Waals surface area contributed by atoms with Crippen molar-refractivity contribution in [3.8, 4) is 0 Å². The first-order chi connectivity index (χ1) is 9.65. The molecule has 1 saturated carbocycles. The number of aliphatic hydroxyl groups excluding tert-OH is 1. The van der Waals surface area contributed by atoms with Crippen molar-refractivity contribution in [3.63, 3.8) is 0 Å². The third-order valence-corrected chi connectivity index (χ3v) is 4.05. The maximum Gasteiger partial charge on any atom is 0.243 e. The molecule has 1 aliphatic carbocycles. The average molecular weight is 276 g/mol. The zero-order valence-corrected chi connectivity index (χ0v) is 11.9. The molecule has 2 rings (SSSR count). The van der Waals surface area contributed by atoms with E-state index in [0.717, 1.165) is 37.7 Å². The van der Waals surface area contributed by atoms with Gasteiger partial charge in [0.1, 0.15) is 0 Å². The molecule has 1 aromatic carbocycles. The van der Waals surface area contributed by atoms with E-state index in [-0.39, 0.29) is 12.5 Å². The van der Waals surface area contributed by atoms with Gasteiger partial charge in [0.05, 0.1) is 12.1 Å². The molecule has 0 radical (unpaired) electrons. The largest absolute Gasteiger partial charge is 0.395 e. The highest BCUT2D eigenvalue weighted by molar-refractivity contribution is 5.86. The van der Waals surface area contributed by atoms with Gasteiger partial charge in [-0.1, -0.05) is 49.6 Å². The van der Waals surface area contributed by atoms with Crippen molar-refractivity contribution >= 4 is 5.91 Å². The number of carbonyl (C=O) groups is 1. The van der Waals surface area contributed by atoms with Crippen LogP contribution in [0.5, 0.6) is 0 Å². The van der Waals surface area contributed by atoms with Crippen LogP contribution in [0.3, 0.4) is 0 Å². The second-order valence-electron chi connectivity index (χ2n) is 5.65. The van der Waals surface area contributed by atoms with E-state index in [1.165, 1.54) is 0 Å². The Morgan fingerprint density at radius 1 is 1.20 bits per heavy atom. The maximum atomic E-state index is 12.7. The van der Waals surface area contributed by atoms with Gasteiger partial charge in [-0.25, -0.2) is 0 Å². The molecule has 1 aliphatic rings. The van der Waals surface area contributed by atoms with Crippen LogP contribution in [-0.2, 0) is 11.3 Å². The SMILES string of the molecule is NC1(C(=O)N(CCO)Cc2ccccc2)CCCCC1. The van der Waals surface area contributed by atoms with Gasteiger partial charge < -0.3 is 15.7 Å². The van der Waals surface area contributed by atoms with Gasteiger partial charge in [-0.05, 0) is 18.4 Å². The fourth-order valence-electron chi connectivity index (χ4n) is 2.89. The molecule has 110 valence electrons. The Balaban J connectivity index is 2.09. The fourth-order valence-corrected chi connectivity index (χ4v) is 2.89. The van der Waals surface area contributed by atoms with Crippen LogP contribution in [0.25, 0.3) is 0 Å². The van der Waals surface area contributed by atoms with Crippen LogP contribution in [0.1, 0.15) is 37.7 Å². The summed E-state index contributed by atoms with van der Waals surface area (Å²) < 4.78 is 0. The van der Waals surface area contributed by atoms with Crippen molar-refractivity contribution in [1.82, 2.24) is 4.90 Å². The predicted octanol–water partition coefficient (Wildman–Crippen LogP) is 1.67. The number of benzene rings is 1. The number of amides is 1. The van der Waals surface area contributed by atoms with E-state index in [1.807, 2.05) is 30.3 Å². The summed E-state index contributed by atoms with van der Waals surface area (Å²) in [5.41, 5.74) is 6.64. The maximum absolute atomic E-state index is 12.7. The molecule has 0 aliphatic heterocycles. The minimum atomic E-state index is -0.734. The molecule has 0 saturated heterocycles. The van der Waals surface area contributed by atoms with E-state index in [4.69, 9.17) is 5.73 Å². The molecule has 1 amide bonds. The molecule has 0 spiro atoms. The molecule has 1 fully saturated rings. The van der Waals surface area contributed by atoms with Crippen molar-refractivity contribution < 1.29 is 9.90 Å². The first-order valence-electron chi connectivity index (χ1n) is 7.39. The third-order valence-electron chi connectivity index (χ3n) is 4.05.